The van der Waals surface area contributed by atoms with Crippen LogP contribution in [0.25, 0.3) is 0 Å². The normalized spacial score (nSPS) is 12.0. The number of carbonyl (C=O) groups is 2. The summed E-state index contributed by atoms with van der Waals surface area (Å²) in [6, 6.07) is 3.31. The molecule has 0 aliphatic carbocycles. The maximum absolute atomic E-state index is 13.4. The maximum Gasteiger partial charge on any atom is 0.416 e. The monoisotopic (exact) mass is 494 g/mol. The van der Waals surface area contributed by atoms with Gasteiger partial charge in [0, 0.05) is 24.3 Å². The van der Waals surface area contributed by atoms with Crippen LogP contribution in [0.4, 0.5) is 30.6 Å². The second-order valence-electron chi connectivity index (χ2n) is 7.64. The first-order chi connectivity index (χ1) is 16.3. The molecular weight excluding hydrogens is 469 g/mol. The second-order valence-corrected chi connectivity index (χ2v) is 7.64. The lowest BCUT2D eigenvalue weighted by atomic mass is 10.1. The van der Waals surface area contributed by atoms with E-state index in [0.29, 0.717) is 18.7 Å². The zero-order valence-electron chi connectivity index (χ0n) is 19.4. The summed E-state index contributed by atoms with van der Waals surface area (Å²) >= 11 is 0. The van der Waals surface area contributed by atoms with Gasteiger partial charge in [0.05, 0.1) is 12.7 Å². The molecule has 0 spiro atoms. The van der Waals surface area contributed by atoms with E-state index in [4.69, 9.17) is 10.5 Å². The van der Waals surface area contributed by atoms with E-state index in [9.17, 15) is 28.0 Å². The number of anilines is 3. The van der Waals surface area contributed by atoms with E-state index in [2.05, 4.69) is 25.9 Å². The first-order valence-corrected chi connectivity index (χ1v) is 10.2. The van der Waals surface area contributed by atoms with Gasteiger partial charge >= 0.3 is 6.18 Å². The van der Waals surface area contributed by atoms with Crippen LogP contribution in [0.2, 0.25) is 0 Å². The smallest absolute Gasteiger partial charge is 0.416 e. The first kappa shape index (κ1) is 27.1. The molecule has 0 fully saturated rings. The highest BCUT2D eigenvalue weighted by Crippen LogP contribution is 2.32. The number of aromatic nitrogens is 2. The molecule has 2 rings (SSSR count). The minimum absolute atomic E-state index is 0.0931. The molecule has 0 saturated heterocycles. The van der Waals surface area contributed by atoms with Crippen molar-refractivity contribution in [3.8, 4) is 11.9 Å². The van der Waals surface area contributed by atoms with Gasteiger partial charge in [-0.2, -0.15) is 28.4 Å². The number of nitriles is 1. The molecular formula is C21H25F3N8O3. The zero-order chi connectivity index (χ0) is 26.3. The van der Waals surface area contributed by atoms with Gasteiger partial charge in [-0.05, 0) is 39.2 Å². The van der Waals surface area contributed by atoms with Gasteiger partial charge in [0.1, 0.15) is 12.1 Å². The average molecular weight is 494 g/mol. The van der Waals surface area contributed by atoms with Crippen molar-refractivity contribution in [3.63, 3.8) is 0 Å². The van der Waals surface area contributed by atoms with Gasteiger partial charge in [0.25, 0.3) is 5.91 Å². The number of nitrogen functional groups attached to an aromatic ring is 1. The predicted octanol–water partition coefficient (Wildman–Crippen LogP) is 1.69. The highest BCUT2D eigenvalue weighted by atomic mass is 19.4. The van der Waals surface area contributed by atoms with Crippen LogP contribution in [-0.2, 0) is 11.0 Å². The van der Waals surface area contributed by atoms with Gasteiger partial charge in [-0.25, -0.2) is 0 Å². The van der Waals surface area contributed by atoms with Crippen molar-refractivity contribution in [2.24, 2.45) is 0 Å². The quantitative estimate of drug-likeness (QED) is 0.407. The Bertz CT molecular complexity index is 1130. The SMILES string of the molecule is COc1nc(N)nc(N[C@@H](C)C(=O)Nc2cc(C(=O)NCCN(C)C)cc(C(F)(F)F)c2)c1C#N. The number of nitrogens with zero attached hydrogens (tertiary/aromatic N) is 4. The fraction of sp³-hybridized carbons (Fsp3) is 0.381. The molecule has 1 atom stereocenters. The van der Waals surface area contributed by atoms with Crippen LogP contribution in [0.15, 0.2) is 18.2 Å². The average Bonchev–Trinajstić information content (AvgIpc) is 2.77. The van der Waals surface area contributed by atoms with Crippen LogP contribution in [0, 0.1) is 11.3 Å². The van der Waals surface area contributed by atoms with Crippen LogP contribution < -0.4 is 26.4 Å². The molecule has 0 radical (unpaired) electrons. The van der Waals surface area contributed by atoms with E-state index in [-0.39, 0.29) is 41.0 Å². The number of rotatable bonds is 9. The van der Waals surface area contributed by atoms with Crippen LogP contribution in [0.5, 0.6) is 5.88 Å². The van der Waals surface area contributed by atoms with Gasteiger partial charge in [-0.15, -0.1) is 0 Å². The Morgan fingerprint density at radius 3 is 2.51 bits per heavy atom. The molecule has 1 heterocycles. The highest BCUT2D eigenvalue weighted by molar-refractivity contribution is 5.99. The Hall–Kier alpha value is -4.12. The molecule has 0 bridgehead atoms. The number of ether oxygens (including phenoxy) is 1. The third-order valence-corrected chi connectivity index (χ3v) is 4.58. The lowest BCUT2D eigenvalue weighted by molar-refractivity contribution is -0.137. The van der Waals surface area contributed by atoms with Crippen molar-refractivity contribution < 1.29 is 27.5 Å². The Balaban J connectivity index is 2.26. The molecule has 0 saturated carbocycles. The number of halogens is 3. The first-order valence-electron chi connectivity index (χ1n) is 10.2. The minimum atomic E-state index is -4.75. The second kappa shape index (κ2) is 11.3. The Labute approximate surface area is 199 Å². The number of carbonyl (C=O) groups excluding carboxylic acids is 2. The summed E-state index contributed by atoms with van der Waals surface area (Å²) < 4.78 is 45.2. The number of methoxy groups -OCH3 is 1. The molecule has 2 aromatic rings. The molecule has 2 amide bonds. The van der Waals surface area contributed by atoms with Crippen molar-refractivity contribution in [1.82, 2.24) is 20.2 Å². The number of hydrogen-bond acceptors (Lipinski definition) is 9. The summed E-state index contributed by atoms with van der Waals surface area (Å²) in [7, 11) is 4.83. The molecule has 1 aromatic heterocycles. The number of nitrogens with two attached hydrogens (primary N) is 1. The minimum Gasteiger partial charge on any atom is -0.480 e. The van der Waals surface area contributed by atoms with Crippen molar-refractivity contribution in [3.05, 3.63) is 34.9 Å². The molecule has 188 valence electrons. The van der Waals surface area contributed by atoms with Crippen LogP contribution in [0.1, 0.15) is 28.4 Å². The number of nitrogens with one attached hydrogen (secondary N) is 3. The third-order valence-electron chi connectivity index (χ3n) is 4.58. The molecule has 0 aliphatic rings. The summed E-state index contributed by atoms with van der Waals surface area (Å²) in [5.41, 5.74) is 3.86. The molecule has 35 heavy (non-hydrogen) atoms. The van der Waals surface area contributed by atoms with Gasteiger partial charge in [-0.3, -0.25) is 9.59 Å². The number of amides is 2. The van der Waals surface area contributed by atoms with Crippen molar-refractivity contribution in [1.29, 1.82) is 5.26 Å². The van der Waals surface area contributed by atoms with E-state index in [0.717, 1.165) is 6.07 Å². The number of likely N-dealkylation sites (N-methyl/N-ethyl adjacent to an activating group) is 1. The summed E-state index contributed by atoms with van der Waals surface area (Å²) in [4.78, 5) is 34.5. The van der Waals surface area contributed by atoms with E-state index in [1.54, 1.807) is 19.0 Å². The van der Waals surface area contributed by atoms with Crippen molar-refractivity contribution in [2.45, 2.75) is 19.1 Å². The van der Waals surface area contributed by atoms with E-state index in [1.807, 2.05) is 6.07 Å². The number of alkyl halides is 3. The summed E-state index contributed by atoms with van der Waals surface area (Å²) in [6.45, 7) is 2.10. The van der Waals surface area contributed by atoms with Gasteiger partial charge in [0.2, 0.25) is 17.7 Å². The molecule has 0 aliphatic heterocycles. The fourth-order valence-corrected chi connectivity index (χ4v) is 2.82. The number of hydrogen-bond donors (Lipinski definition) is 4. The maximum atomic E-state index is 13.4. The highest BCUT2D eigenvalue weighted by Gasteiger charge is 2.32. The van der Waals surface area contributed by atoms with Gasteiger partial charge < -0.3 is 31.3 Å². The van der Waals surface area contributed by atoms with Gasteiger partial charge in [-0.1, -0.05) is 0 Å². The largest absolute Gasteiger partial charge is 0.480 e. The topological polar surface area (TPSA) is 158 Å². The van der Waals surface area contributed by atoms with E-state index >= 15 is 0 Å². The molecule has 11 nitrogen and oxygen atoms in total. The van der Waals surface area contributed by atoms with E-state index in [1.165, 1.54) is 14.0 Å². The zero-order valence-corrected chi connectivity index (χ0v) is 19.4. The Morgan fingerprint density at radius 1 is 1.26 bits per heavy atom. The summed E-state index contributed by atoms with van der Waals surface area (Å²) in [5, 5.41) is 16.9. The molecule has 1 aromatic carbocycles. The summed E-state index contributed by atoms with van der Waals surface area (Å²) in [6.07, 6.45) is -4.75. The van der Waals surface area contributed by atoms with E-state index < -0.39 is 29.6 Å². The molecule has 0 unspecified atom stereocenters. The molecule has 5 N–H and O–H groups in total. The van der Waals surface area contributed by atoms with Crippen LogP contribution >= 0.6 is 0 Å². The lowest BCUT2D eigenvalue weighted by Crippen LogP contribution is -2.33. The van der Waals surface area contributed by atoms with Gasteiger partial charge in [0.15, 0.2) is 11.4 Å². The predicted molar refractivity (Wildman–Crippen MR) is 122 cm³/mol. The van der Waals surface area contributed by atoms with Crippen molar-refractivity contribution >= 4 is 29.3 Å². The summed E-state index contributed by atoms with van der Waals surface area (Å²) in [5.74, 6) is -1.91. The van der Waals surface area contributed by atoms with Crippen LogP contribution in [-0.4, -0.2) is 67.0 Å². The fourth-order valence-electron chi connectivity index (χ4n) is 2.82. The van der Waals surface area contributed by atoms with Crippen molar-refractivity contribution in [2.75, 3.05) is 50.7 Å². The standard InChI is InChI=1S/C21H25F3N8O3/c1-11(28-16-15(10-25)19(35-4)31-20(26)30-16)17(33)29-14-8-12(7-13(9-14)21(22,23)24)18(34)27-5-6-32(2)3/h7-9,11H,5-6H2,1-4H3,(H,27,34)(H,29,33)(H3,26,28,30,31)/t11-/m0/s1. The number of benzene rings is 1. The third kappa shape index (κ3) is 7.44. The Morgan fingerprint density at radius 2 is 1.94 bits per heavy atom. The molecule has 14 heteroatoms. The lowest BCUT2D eigenvalue weighted by Gasteiger charge is -2.18. The van der Waals surface area contributed by atoms with Crippen LogP contribution in [0.3, 0.4) is 0 Å². The Kier molecular flexibility index (Phi) is 8.79.